The zero-order valence-corrected chi connectivity index (χ0v) is 15.7. The van der Waals surface area contributed by atoms with E-state index >= 15 is 0 Å². The minimum absolute atomic E-state index is 0.0734. The van der Waals surface area contributed by atoms with Crippen LogP contribution in [0.5, 0.6) is 5.75 Å². The minimum atomic E-state index is 0.0734. The van der Waals surface area contributed by atoms with Crippen molar-refractivity contribution in [2.75, 3.05) is 13.7 Å². The Kier molecular flexibility index (Phi) is 4.19. The third-order valence-electron chi connectivity index (χ3n) is 6.09. The zero-order valence-electron chi connectivity index (χ0n) is 14.9. The molecule has 4 nitrogen and oxygen atoms in total. The summed E-state index contributed by atoms with van der Waals surface area (Å²) < 4.78 is 5.41. The predicted molar refractivity (Wildman–Crippen MR) is 100 cm³/mol. The second-order valence-electron chi connectivity index (χ2n) is 7.77. The van der Waals surface area contributed by atoms with E-state index in [2.05, 4.69) is 16.8 Å². The maximum absolute atomic E-state index is 13.2. The first kappa shape index (κ1) is 16.8. The molecule has 4 rings (SSSR count). The van der Waals surface area contributed by atoms with Crippen LogP contribution >= 0.6 is 11.6 Å². The Morgan fingerprint density at radius 3 is 2.80 bits per heavy atom. The molecule has 1 aromatic heterocycles. The van der Waals surface area contributed by atoms with E-state index in [-0.39, 0.29) is 11.9 Å². The normalized spacial score (nSPS) is 22.7. The maximum Gasteiger partial charge on any atom is 0.270 e. The highest BCUT2D eigenvalue weighted by Gasteiger charge is 2.44. The molecule has 1 saturated carbocycles. The summed E-state index contributed by atoms with van der Waals surface area (Å²) in [6.45, 7) is 3.06. The van der Waals surface area contributed by atoms with Crippen molar-refractivity contribution in [3.63, 3.8) is 0 Å². The fourth-order valence-corrected chi connectivity index (χ4v) is 5.07. The molecule has 0 radical (unpaired) electrons. The van der Waals surface area contributed by atoms with Gasteiger partial charge in [0.25, 0.3) is 5.91 Å². The van der Waals surface area contributed by atoms with Crippen molar-refractivity contribution in [2.45, 2.75) is 51.5 Å². The number of aromatic amines is 1. The number of rotatable bonds is 2. The van der Waals surface area contributed by atoms with Gasteiger partial charge in [-0.25, -0.2) is 0 Å². The second-order valence-corrected chi connectivity index (χ2v) is 8.18. The topological polar surface area (TPSA) is 45.3 Å². The highest BCUT2D eigenvalue weighted by molar-refractivity contribution is 6.35. The van der Waals surface area contributed by atoms with Crippen molar-refractivity contribution < 1.29 is 9.53 Å². The zero-order chi connectivity index (χ0) is 17.6. The fraction of sp³-hybridized carbons (Fsp3) is 0.550. The number of benzene rings is 1. The van der Waals surface area contributed by atoms with Crippen LogP contribution in [0.2, 0.25) is 5.02 Å². The van der Waals surface area contributed by atoms with E-state index in [9.17, 15) is 4.79 Å². The number of H-pyrrole nitrogens is 1. The average molecular weight is 361 g/mol. The molecular weight excluding hydrogens is 336 g/mol. The van der Waals surface area contributed by atoms with Crippen LogP contribution < -0.4 is 4.74 Å². The van der Waals surface area contributed by atoms with Gasteiger partial charge in [0.2, 0.25) is 0 Å². The molecule has 1 amide bonds. The molecule has 1 saturated heterocycles. The van der Waals surface area contributed by atoms with Crippen LogP contribution in [0.3, 0.4) is 0 Å². The van der Waals surface area contributed by atoms with Crippen LogP contribution in [0.4, 0.5) is 0 Å². The van der Waals surface area contributed by atoms with Crippen molar-refractivity contribution in [1.29, 1.82) is 0 Å². The molecule has 2 aromatic rings. The number of nitrogens with zero attached hydrogens (tertiary/aromatic N) is 1. The molecule has 134 valence electrons. The first-order chi connectivity index (χ1) is 12.0. The Balaban J connectivity index is 1.65. The molecule has 25 heavy (non-hydrogen) atoms. The molecule has 1 aliphatic heterocycles. The fourth-order valence-electron chi connectivity index (χ4n) is 4.86. The summed E-state index contributed by atoms with van der Waals surface area (Å²) in [6, 6.07) is 5.79. The van der Waals surface area contributed by atoms with Gasteiger partial charge in [-0.1, -0.05) is 30.9 Å². The monoisotopic (exact) mass is 360 g/mol. The van der Waals surface area contributed by atoms with Crippen molar-refractivity contribution in [3.05, 3.63) is 28.9 Å². The summed E-state index contributed by atoms with van der Waals surface area (Å²) in [7, 11) is 1.63. The molecule has 1 N–H and O–H groups in total. The molecule has 2 aliphatic rings. The van der Waals surface area contributed by atoms with E-state index < -0.39 is 0 Å². The summed E-state index contributed by atoms with van der Waals surface area (Å²) in [5.41, 5.74) is 1.71. The molecule has 2 heterocycles. The number of aromatic nitrogens is 1. The number of carbonyl (C=O) groups is 1. The van der Waals surface area contributed by atoms with Crippen molar-refractivity contribution >= 4 is 28.4 Å². The Hall–Kier alpha value is -1.68. The lowest BCUT2D eigenvalue weighted by molar-refractivity contribution is 0.0716. The maximum atomic E-state index is 13.2. The lowest BCUT2D eigenvalue weighted by atomic mass is 9.73. The van der Waals surface area contributed by atoms with E-state index in [1.54, 1.807) is 13.2 Å². The number of carbonyl (C=O) groups excluding carboxylic acids is 1. The van der Waals surface area contributed by atoms with Gasteiger partial charge in [-0.3, -0.25) is 4.79 Å². The lowest BCUT2D eigenvalue weighted by Crippen LogP contribution is -2.36. The predicted octanol–water partition coefficient (Wildman–Crippen LogP) is 5.01. The van der Waals surface area contributed by atoms with Gasteiger partial charge in [0.15, 0.2) is 0 Å². The van der Waals surface area contributed by atoms with Crippen molar-refractivity contribution in [3.8, 4) is 5.75 Å². The Morgan fingerprint density at radius 1 is 1.32 bits per heavy atom. The van der Waals surface area contributed by atoms with Gasteiger partial charge >= 0.3 is 0 Å². The van der Waals surface area contributed by atoms with Gasteiger partial charge in [-0.15, -0.1) is 0 Å². The molecular formula is C20H25ClN2O2. The van der Waals surface area contributed by atoms with E-state index in [4.69, 9.17) is 16.3 Å². The number of amides is 1. The average Bonchev–Trinajstić information content (AvgIpc) is 3.18. The van der Waals surface area contributed by atoms with Crippen LogP contribution in [-0.2, 0) is 0 Å². The summed E-state index contributed by atoms with van der Waals surface area (Å²) in [4.78, 5) is 18.5. The number of nitrogens with one attached hydrogen (secondary N) is 1. The Labute approximate surface area is 153 Å². The largest absolute Gasteiger partial charge is 0.496 e. The van der Waals surface area contributed by atoms with Crippen LogP contribution in [0, 0.1) is 5.41 Å². The van der Waals surface area contributed by atoms with Crippen LogP contribution in [0.1, 0.15) is 55.9 Å². The lowest BCUT2D eigenvalue weighted by Gasteiger charge is -2.33. The highest BCUT2D eigenvalue weighted by atomic mass is 35.5. The Bertz CT molecular complexity index is 807. The number of likely N-dealkylation sites (tertiary alicyclic amines) is 1. The number of hydrogen-bond donors (Lipinski definition) is 1. The van der Waals surface area contributed by atoms with Gasteiger partial charge in [0.1, 0.15) is 11.4 Å². The van der Waals surface area contributed by atoms with Crippen LogP contribution in [0.15, 0.2) is 18.2 Å². The van der Waals surface area contributed by atoms with Crippen molar-refractivity contribution in [2.24, 2.45) is 5.41 Å². The van der Waals surface area contributed by atoms with E-state index in [0.29, 0.717) is 16.1 Å². The number of ether oxygens (including phenoxy) is 1. The molecule has 5 heteroatoms. The van der Waals surface area contributed by atoms with Gasteiger partial charge in [0.05, 0.1) is 17.6 Å². The smallest absolute Gasteiger partial charge is 0.270 e. The third-order valence-corrected chi connectivity index (χ3v) is 6.41. The van der Waals surface area contributed by atoms with E-state index in [1.807, 2.05) is 12.1 Å². The van der Waals surface area contributed by atoms with Gasteiger partial charge < -0.3 is 14.6 Å². The number of methoxy groups -OCH3 is 1. The SMILES string of the molecule is COc1ccc(Cl)c2[nH]c(C(=O)N3CC4(CCCCC4)CC3C)cc12. The standard InChI is InChI=1S/C20H25ClN2O2/c1-13-11-20(8-4-3-5-9-20)12-23(13)19(24)16-10-14-17(25-2)7-6-15(21)18(14)22-16/h6-7,10,13,22H,3-5,8-9,11-12H2,1-2H3. The van der Waals surface area contributed by atoms with Crippen LogP contribution in [-0.4, -0.2) is 35.5 Å². The minimum Gasteiger partial charge on any atom is -0.496 e. The van der Waals surface area contributed by atoms with E-state index in [1.165, 1.54) is 32.1 Å². The molecule has 0 bridgehead atoms. The molecule has 2 fully saturated rings. The second kappa shape index (κ2) is 6.24. The number of halogens is 1. The highest BCUT2D eigenvalue weighted by Crippen LogP contribution is 2.46. The van der Waals surface area contributed by atoms with Gasteiger partial charge in [-0.05, 0) is 49.8 Å². The van der Waals surface area contributed by atoms with Crippen LogP contribution in [0.25, 0.3) is 10.9 Å². The molecule has 1 aromatic carbocycles. The summed E-state index contributed by atoms with van der Waals surface area (Å²) in [5, 5.41) is 1.46. The molecule has 1 aliphatic carbocycles. The summed E-state index contributed by atoms with van der Waals surface area (Å²) in [5.74, 6) is 0.803. The Morgan fingerprint density at radius 2 is 2.08 bits per heavy atom. The number of fused-ring (bicyclic) bond motifs is 1. The molecule has 1 unspecified atom stereocenters. The summed E-state index contributed by atoms with van der Waals surface area (Å²) in [6.07, 6.45) is 7.58. The first-order valence-corrected chi connectivity index (χ1v) is 9.57. The van der Waals surface area contributed by atoms with Crippen molar-refractivity contribution in [1.82, 2.24) is 9.88 Å². The van der Waals surface area contributed by atoms with Gasteiger partial charge in [0, 0.05) is 18.0 Å². The van der Waals surface area contributed by atoms with E-state index in [0.717, 1.165) is 29.6 Å². The first-order valence-electron chi connectivity index (χ1n) is 9.19. The summed E-state index contributed by atoms with van der Waals surface area (Å²) >= 11 is 6.30. The molecule has 1 atom stereocenters. The molecule has 1 spiro atoms. The quantitative estimate of drug-likeness (QED) is 0.817. The number of hydrogen-bond acceptors (Lipinski definition) is 2. The third kappa shape index (κ3) is 2.80. The van der Waals surface area contributed by atoms with Gasteiger partial charge in [-0.2, -0.15) is 0 Å².